The van der Waals surface area contributed by atoms with Crippen LogP contribution in [-0.4, -0.2) is 61.6 Å². The monoisotopic (exact) mass is 309 g/mol. The molecule has 7 heteroatoms. The molecule has 1 heterocycles. The molecule has 1 fully saturated rings. The lowest BCUT2D eigenvalue weighted by Crippen LogP contribution is -2.39. The van der Waals surface area contributed by atoms with Crippen LogP contribution in [0.5, 0.6) is 0 Å². The highest BCUT2D eigenvalue weighted by Crippen LogP contribution is 2.11. The van der Waals surface area contributed by atoms with Crippen LogP contribution in [-0.2, 0) is 9.53 Å². The molecule has 2 amide bonds. The quantitative estimate of drug-likeness (QED) is 0.860. The number of nitrogens with zero attached hydrogens (tertiary/aromatic N) is 2. The lowest BCUT2D eigenvalue weighted by atomic mass is 10.3. The number of urea groups is 1. The summed E-state index contributed by atoms with van der Waals surface area (Å²) in [4.78, 5) is 27.2. The second-order valence-electron chi connectivity index (χ2n) is 5.13. The maximum atomic E-state index is 12.8. The minimum atomic E-state index is -0.341. The van der Waals surface area contributed by atoms with Gasteiger partial charge in [-0.1, -0.05) is 0 Å². The fourth-order valence-electron chi connectivity index (χ4n) is 2.31. The van der Waals surface area contributed by atoms with E-state index in [1.807, 2.05) is 4.90 Å². The van der Waals surface area contributed by atoms with Crippen molar-refractivity contribution in [1.29, 1.82) is 0 Å². The average Bonchev–Trinajstić information content (AvgIpc) is 2.75. The van der Waals surface area contributed by atoms with Crippen LogP contribution in [0.3, 0.4) is 0 Å². The molecule has 0 radical (unpaired) electrons. The molecule has 0 unspecified atom stereocenters. The van der Waals surface area contributed by atoms with Crippen LogP contribution in [0.15, 0.2) is 24.3 Å². The molecule has 0 spiro atoms. The third-order valence-electron chi connectivity index (χ3n) is 3.55. The number of esters is 1. The minimum Gasteiger partial charge on any atom is -0.468 e. The van der Waals surface area contributed by atoms with Gasteiger partial charge in [0.15, 0.2) is 0 Å². The molecule has 1 aromatic rings. The SMILES string of the molecule is COC(=O)CN1CCCN(C(=O)Nc2ccc(F)cc2)CC1. The number of rotatable bonds is 3. The first-order chi connectivity index (χ1) is 10.6. The van der Waals surface area contributed by atoms with Crippen LogP contribution in [0, 0.1) is 5.82 Å². The van der Waals surface area contributed by atoms with E-state index in [2.05, 4.69) is 10.1 Å². The fourth-order valence-corrected chi connectivity index (χ4v) is 2.31. The van der Waals surface area contributed by atoms with Crippen molar-refractivity contribution in [3.05, 3.63) is 30.1 Å². The van der Waals surface area contributed by atoms with Crippen molar-refractivity contribution in [3.63, 3.8) is 0 Å². The summed E-state index contributed by atoms with van der Waals surface area (Å²) in [5.41, 5.74) is 0.557. The zero-order chi connectivity index (χ0) is 15.9. The Labute approximate surface area is 128 Å². The first-order valence-electron chi connectivity index (χ1n) is 7.19. The number of anilines is 1. The summed E-state index contributed by atoms with van der Waals surface area (Å²) in [5.74, 6) is -0.615. The maximum absolute atomic E-state index is 12.8. The van der Waals surface area contributed by atoms with Crippen LogP contribution >= 0.6 is 0 Å². The Kier molecular flexibility index (Phi) is 5.71. The molecule has 0 bridgehead atoms. The smallest absolute Gasteiger partial charge is 0.321 e. The largest absolute Gasteiger partial charge is 0.468 e. The summed E-state index contributed by atoms with van der Waals surface area (Å²) in [7, 11) is 1.36. The molecule has 22 heavy (non-hydrogen) atoms. The third-order valence-corrected chi connectivity index (χ3v) is 3.55. The number of carbonyl (C=O) groups is 2. The second kappa shape index (κ2) is 7.74. The van der Waals surface area contributed by atoms with E-state index in [1.165, 1.54) is 31.4 Å². The predicted molar refractivity (Wildman–Crippen MR) is 80.1 cm³/mol. The zero-order valence-electron chi connectivity index (χ0n) is 12.5. The first kappa shape index (κ1) is 16.2. The van der Waals surface area contributed by atoms with Crippen LogP contribution in [0.25, 0.3) is 0 Å². The van der Waals surface area contributed by atoms with Crippen molar-refractivity contribution in [1.82, 2.24) is 9.80 Å². The molecule has 1 saturated heterocycles. The molecule has 0 aromatic heterocycles. The van der Waals surface area contributed by atoms with Gasteiger partial charge < -0.3 is 15.0 Å². The summed E-state index contributed by atoms with van der Waals surface area (Å²) in [6.07, 6.45) is 0.786. The molecule has 2 rings (SSSR count). The number of ether oxygens (including phenoxy) is 1. The van der Waals surface area contributed by atoms with Crippen molar-refractivity contribution >= 4 is 17.7 Å². The number of nitrogens with one attached hydrogen (secondary N) is 1. The topological polar surface area (TPSA) is 61.9 Å². The van der Waals surface area contributed by atoms with Gasteiger partial charge in [0.05, 0.1) is 13.7 Å². The van der Waals surface area contributed by atoms with E-state index in [1.54, 1.807) is 4.90 Å². The van der Waals surface area contributed by atoms with E-state index in [9.17, 15) is 14.0 Å². The van der Waals surface area contributed by atoms with Gasteiger partial charge in [0.2, 0.25) is 0 Å². The molecule has 1 aromatic carbocycles. The Balaban J connectivity index is 1.86. The second-order valence-corrected chi connectivity index (χ2v) is 5.13. The maximum Gasteiger partial charge on any atom is 0.321 e. The molecule has 6 nitrogen and oxygen atoms in total. The standard InChI is InChI=1S/C15H20FN3O3/c1-22-14(20)11-18-7-2-8-19(10-9-18)15(21)17-13-5-3-12(16)4-6-13/h3-6H,2,7-11H2,1H3,(H,17,21). The molecular weight excluding hydrogens is 289 g/mol. The Bertz CT molecular complexity index is 521. The van der Waals surface area contributed by atoms with E-state index >= 15 is 0 Å². The summed E-state index contributed by atoms with van der Waals surface area (Å²) in [6.45, 7) is 2.75. The van der Waals surface area contributed by atoms with Crippen molar-refractivity contribution in [2.24, 2.45) is 0 Å². The Morgan fingerprint density at radius 1 is 1.18 bits per heavy atom. The molecule has 120 valence electrons. The van der Waals surface area contributed by atoms with Gasteiger partial charge in [-0.2, -0.15) is 0 Å². The highest BCUT2D eigenvalue weighted by atomic mass is 19.1. The van der Waals surface area contributed by atoms with E-state index in [0.29, 0.717) is 25.3 Å². The van der Waals surface area contributed by atoms with E-state index in [0.717, 1.165) is 13.0 Å². The molecule has 0 atom stereocenters. The molecule has 1 N–H and O–H groups in total. The highest BCUT2D eigenvalue weighted by molar-refractivity contribution is 5.89. The molecule has 1 aliphatic rings. The van der Waals surface area contributed by atoms with E-state index < -0.39 is 0 Å². The van der Waals surface area contributed by atoms with Crippen LogP contribution in [0.2, 0.25) is 0 Å². The molecular formula is C15H20FN3O3. The number of amides is 2. The Morgan fingerprint density at radius 2 is 1.91 bits per heavy atom. The van der Waals surface area contributed by atoms with Gasteiger partial charge >= 0.3 is 12.0 Å². The lowest BCUT2D eigenvalue weighted by Gasteiger charge is -2.21. The van der Waals surface area contributed by atoms with Gasteiger partial charge in [-0.3, -0.25) is 9.69 Å². The Hall–Kier alpha value is -2.15. The van der Waals surface area contributed by atoms with E-state index in [4.69, 9.17) is 0 Å². The molecule has 0 saturated carbocycles. The summed E-state index contributed by atoms with van der Waals surface area (Å²) in [6, 6.07) is 5.43. The average molecular weight is 309 g/mol. The molecule has 1 aliphatic heterocycles. The van der Waals surface area contributed by atoms with Crippen molar-refractivity contribution in [3.8, 4) is 0 Å². The number of halogens is 1. The third kappa shape index (κ3) is 4.70. The number of carbonyl (C=O) groups excluding carboxylic acids is 2. The van der Waals surface area contributed by atoms with Crippen molar-refractivity contribution in [2.45, 2.75) is 6.42 Å². The van der Waals surface area contributed by atoms with E-state index in [-0.39, 0.29) is 24.4 Å². The van der Waals surface area contributed by atoms with Gasteiger partial charge in [0.1, 0.15) is 5.82 Å². The normalized spacial score (nSPS) is 16.0. The minimum absolute atomic E-state index is 0.216. The predicted octanol–water partition coefficient (Wildman–Crippen LogP) is 1.54. The van der Waals surface area contributed by atoms with Crippen molar-refractivity contribution < 1.29 is 18.7 Å². The highest BCUT2D eigenvalue weighted by Gasteiger charge is 2.20. The zero-order valence-corrected chi connectivity index (χ0v) is 12.5. The number of methoxy groups -OCH3 is 1. The summed E-state index contributed by atoms with van der Waals surface area (Å²) >= 11 is 0. The van der Waals surface area contributed by atoms with Gasteiger partial charge in [0, 0.05) is 31.9 Å². The lowest BCUT2D eigenvalue weighted by molar-refractivity contribution is -0.141. The van der Waals surface area contributed by atoms with Crippen LogP contribution in [0.4, 0.5) is 14.9 Å². The van der Waals surface area contributed by atoms with Gasteiger partial charge in [0.25, 0.3) is 0 Å². The van der Waals surface area contributed by atoms with Crippen LogP contribution < -0.4 is 5.32 Å². The van der Waals surface area contributed by atoms with Crippen molar-refractivity contribution in [2.75, 3.05) is 45.2 Å². The van der Waals surface area contributed by atoms with Crippen LogP contribution in [0.1, 0.15) is 6.42 Å². The number of hydrogen-bond acceptors (Lipinski definition) is 4. The van der Waals surface area contributed by atoms with Gasteiger partial charge in [-0.15, -0.1) is 0 Å². The molecule has 0 aliphatic carbocycles. The Morgan fingerprint density at radius 3 is 2.59 bits per heavy atom. The summed E-state index contributed by atoms with van der Waals surface area (Å²) < 4.78 is 17.5. The number of hydrogen-bond donors (Lipinski definition) is 1. The summed E-state index contributed by atoms with van der Waals surface area (Å²) in [5, 5.41) is 2.74. The van der Waals surface area contributed by atoms with Gasteiger partial charge in [-0.25, -0.2) is 9.18 Å². The van der Waals surface area contributed by atoms with Gasteiger partial charge in [-0.05, 0) is 30.7 Å². The number of benzene rings is 1. The first-order valence-corrected chi connectivity index (χ1v) is 7.19. The fraction of sp³-hybridized carbons (Fsp3) is 0.467.